The summed E-state index contributed by atoms with van der Waals surface area (Å²) in [6, 6.07) is 0. The molecule has 1 fully saturated rings. The van der Waals surface area contributed by atoms with Crippen molar-refractivity contribution in [2.75, 3.05) is 30.4 Å². The molecule has 5 heteroatoms. The molecule has 0 amide bonds. The third kappa shape index (κ3) is 2.01. The first-order valence-electron chi connectivity index (χ1n) is 7.48. The van der Waals surface area contributed by atoms with Crippen LogP contribution in [0.25, 0.3) is 5.65 Å². The molecule has 1 aliphatic rings. The summed E-state index contributed by atoms with van der Waals surface area (Å²) in [5, 5.41) is 3.14. The maximum Gasteiger partial charge on any atom is 0.180 e. The monoisotopic (exact) mass is 273 g/mol. The highest BCUT2D eigenvalue weighted by molar-refractivity contribution is 5.67. The van der Waals surface area contributed by atoms with Crippen LogP contribution in [0.2, 0.25) is 0 Å². The summed E-state index contributed by atoms with van der Waals surface area (Å²) in [5.41, 5.74) is 1.40. The van der Waals surface area contributed by atoms with Crippen LogP contribution in [0.3, 0.4) is 0 Å². The summed E-state index contributed by atoms with van der Waals surface area (Å²) >= 11 is 0. The van der Waals surface area contributed by atoms with Crippen LogP contribution in [0, 0.1) is 5.41 Å². The van der Waals surface area contributed by atoms with Crippen LogP contribution in [0.1, 0.15) is 33.1 Å². The zero-order chi connectivity index (χ0) is 14.2. The maximum atomic E-state index is 4.74. The molecule has 0 saturated carbocycles. The van der Waals surface area contributed by atoms with Crippen LogP contribution >= 0.6 is 0 Å². The Kier molecular flexibility index (Phi) is 3.28. The Morgan fingerprint density at radius 2 is 2.15 bits per heavy atom. The van der Waals surface area contributed by atoms with Crippen LogP contribution in [-0.2, 0) is 0 Å². The quantitative estimate of drug-likeness (QED) is 0.930. The van der Waals surface area contributed by atoms with Gasteiger partial charge in [-0.3, -0.25) is 0 Å². The van der Waals surface area contributed by atoms with Gasteiger partial charge < -0.3 is 14.6 Å². The van der Waals surface area contributed by atoms with Gasteiger partial charge in [0.2, 0.25) is 0 Å². The number of nitrogens with zero attached hydrogens (tertiary/aromatic N) is 4. The fourth-order valence-corrected chi connectivity index (χ4v) is 3.19. The van der Waals surface area contributed by atoms with E-state index in [0.29, 0.717) is 5.41 Å². The second-order valence-electron chi connectivity index (χ2n) is 5.74. The fraction of sp³-hybridized carbons (Fsp3) is 0.600. The lowest BCUT2D eigenvalue weighted by molar-refractivity contribution is 0.301. The van der Waals surface area contributed by atoms with Crippen molar-refractivity contribution >= 4 is 17.3 Å². The van der Waals surface area contributed by atoms with E-state index in [1.807, 2.05) is 30.0 Å². The summed E-state index contributed by atoms with van der Waals surface area (Å²) in [5.74, 6) is 1.89. The van der Waals surface area contributed by atoms with E-state index in [0.717, 1.165) is 30.4 Å². The molecule has 1 saturated heterocycles. The zero-order valence-corrected chi connectivity index (χ0v) is 12.6. The van der Waals surface area contributed by atoms with Crippen molar-refractivity contribution in [3.8, 4) is 0 Å². The van der Waals surface area contributed by atoms with Crippen molar-refractivity contribution in [3.63, 3.8) is 0 Å². The molecule has 1 N–H and O–H groups in total. The Bertz CT molecular complexity index is 599. The van der Waals surface area contributed by atoms with Gasteiger partial charge in [0, 0.05) is 32.5 Å². The van der Waals surface area contributed by atoms with E-state index < -0.39 is 0 Å². The predicted octanol–water partition coefficient (Wildman–Crippen LogP) is 2.79. The molecule has 0 bridgehead atoms. The Morgan fingerprint density at radius 1 is 1.35 bits per heavy atom. The Balaban J connectivity index is 2.00. The van der Waals surface area contributed by atoms with Gasteiger partial charge in [0.1, 0.15) is 5.82 Å². The molecule has 5 nitrogen and oxygen atoms in total. The molecule has 0 spiro atoms. The lowest BCUT2D eigenvalue weighted by Crippen LogP contribution is -2.27. The summed E-state index contributed by atoms with van der Waals surface area (Å²) in [7, 11) is 1.90. The van der Waals surface area contributed by atoms with E-state index >= 15 is 0 Å². The fourth-order valence-electron chi connectivity index (χ4n) is 3.19. The second kappa shape index (κ2) is 4.96. The van der Waals surface area contributed by atoms with E-state index in [4.69, 9.17) is 4.98 Å². The molecule has 2 aromatic heterocycles. The molecule has 3 rings (SSSR count). The van der Waals surface area contributed by atoms with Crippen LogP contribution in [0.15, 0.2) is 18.6 Å². The van der Waals surface area contributed by atoms with Crippen molar-refractivity contribution < 1.29 is 0 Å². The van der Waals surface area contributed by atoms with E-state index in [-0.39, 0.29) is 0 Å². The third-order valence-electron chi connectivity index (χ3n) is 4.85. The standard InChI is InChI=1S/C15H23N5/c1-4-15(5-2)6-8-20(11-15)14-13-17-7-9-19(13)10-12(16-3)18-14/h7,9-10,16H,4-6,8,11H2,1-3H3. The summed E-state index contributed by atoms with van der Waals surface area (Å²) in [4.78, 5) is 11.6. The zero-order valence-electron chi connectivity index (χ0n) is 12.6. The average Bonchev–Trinajstić information content (AvgIpc) is 3.13. The van der Waals surface area contributed by atoms with E-state index in [2.05, 4.69) is 29.0 Å². The van der Waals surface area contributed by atoms with Gasteiger partial charge in [-0.15, -0.1) is 0 Å². The lowest BCUT2D eigenvalue weighted by Gasteiger charge is -2.27. The van der Waals surface area contributed by atoms with Crippen molar-refractivity contribution in [1.29, 1.82) is 0 Å². The first-order valence-corrected chi connectivity index (χ1v) is 7.48. The summed E-state index contributed by atoms with van der Waals surface area (Å²) in [6.07, 6.45) is 9.51. The predicted molar refractivity (Wildman–Crippen MR) is 82.4 cm³/mol. The van der Waals surface area contributed by atoms with Gasteiger partial charge in [-0.1, -0.05) is 13.8 Å². The van der Waals surface area contributed by atoms with Gasteiger partial charge >= 0.3 is 0 Å². The average molecular weight is 273 g/mol. The van der Waals surface area contributed by atoms with Gasteiger partial charge in [-0.25, -0.2) is 9.97 Å². The van der Waals surface area contributed by atoms with E-state index in [9.17, 15) is 0 Å². The number of aromatic nitrogens is 3. The molecule has 3 heterocycles. The number of anilines is 2. The van der Waals surface area contributed by atoms with Gasteiger partial charge in [0.25, 0.3) is 0 Å². The minimum atomic E-state index is 0.445. The van der Waals surface area contributed by atoms with Gasteiger partial charge in [-0.05, 0) is 24.7 Å². The highest BCUT2D eigenvalue weighted by atomic mass is 15.3. The van der Waals surface area contributed by atoms with Crippen molar-refractivity contribution in [2.24, 2.45) is 5.41 Å². The van der Waals surface area contributed by atoms with E-state index in [1.165, 1.54) is 19.3 Å². The molecular formula is C15H23N5. The Labute approximate surface area is 120 Å². The van der Waals surface area contributed by atoms with Crippen LogP contribution in [-0.4, -0.2) is 34.5 Å². The number of rotatable bonds is 4. The maximum absolute atomic E-state index is 4.74. The smallest absolute Gasteiger partial charge is 0.180 e. The molecule has 0 radical (unpaired) electrons. The molecule has 0 aliphatic carbocycles. The minimum absolute atomic E-state index is 0.445. The van der Waals surface area contributed by atoms with Gasteiger partial charge in [-0.2, -0.15) is 0 Å². The topological polar surface area (TPSA) is 45.5 Å². The molecule has 0 aromatic carbocycles. The lowest BCUT2D eigenvalue weighted by atomic mass is 9.82. The molecule has 0 atom stereocenters. The van der Waals surface area contributed by atoms with E-state index in [1.54, 1.807) is 0 Å². The molecular weight excluding hydrogens is 250 g/mol. The number of imidazole rings is 1. The molecule has 108 valence electrons. The van der Waals surface area contributed by atoms with Crippen molar-refractivity contribution in [1.82, 2.24) is 14.4 Å². The Hall–Kier alpha value is -1.78. The number of hydrogen-bond acceptors (Lipinski definition) is 4. The Morgan fingerprint density at radius 3 is 2.80 bits per heavy atom. The number of fused-ring (bicyclic) bond motifs is 1. The molecule has 2 aromatic rings. The highest BCUT2D eigenvalue weighted by Gasteiger charge is 2.36. The molecule has 20 heavy (non-hydrogen) atoms. The molecule has 1 aliphatic heterocycles. The van der Waals surface area contributed by atoms with Crippen molar-refractivity contribution in [3.05, 3.63) is 18.6 Å². The van der Waals surface area contributed by atoms with Gasteiger partial charge in [0.15, 0.2) is 11.5 Å². The summed E-state index contributed by atoms with van der Waals surface area (Å²) < 4.78 is 2.05. The number of nitrogens with one attached hydrogen (secondary N) is 1. The van der Waals surface area contributed by atoms with Crippen LogP contribution < -0.4 is 10.2 Å². The number of hydrogen-bond donors (Lipinski definition) is 1. The minimum Gasteiger partial charge on any atom is -0.372 e. The molecule has 0 unspecified atom stereocenters. The normalized spacial score (nSPS) is 17.9. The first-order chi connectivity index (χ1) is 9.71. The van der Waals surface area contributed by atoms with Crippen molar-refractivity contribution in [2.45, 2.75) is 33.1 Å². The third-order valence-corrected chi connectivity index (χ3v) is 4.85. The SMILES string of the molecule is CCC1(CC)CCN(c2nc(NC)cn3ccnc23)C1. The largest absolute Gasteiger partial charge is 0.372 e. The first kappa shape index (κ1) is 13.2. The highest BCUT2D eigenvalue weighted by Crippen LogP contribution is 2.39. The van der Waals surface area contributed by atoms with Crippen LogP contribution in [0.4, 0.5) is 11.6 Å². The van der Waals surface area contributed by atoms with Crippen LogP contribution in [0.5, 0.6) is 0 Å². The second-order valence-corrected chi connectivity index (χ2v) is 5.74. The summed E-state index contributed by atoms with van der Waals surface area (Å²) in [6.45, 7) is 6.76. The van der Waals surface area contributed by atoms with Gasteiger partial charge in [0.05, 0.1) is 6.20 Å².